The third-order valence-electron chi connectivity index (χ3n) is 7.05. The molecule has 0 radical (unpaired) electrons. The van der Waals surface area contributed by atoms with E-state index in [1.54, 1.807) is 0 Å². The summed E-state index contributed by atoms with van der Waals surface area (Å²) in [6.07, 6.45) is 0.405. The van der Waals surface area contributed by atoms with Gasteiger partial charge in [-0.25, -0.2) is 0 Å². The zero-order valence-corrected chi connectivity index (χ0v) is 20.6. The molecule has 180 valence electrons. The van der Waals surface area contributed by atoms with Gasteiger partial charge in [-0.1, -0.05) is 72.8 Å². The van der Waals surface area contributed by atoms with Crippen molar-refractivity contribution in [2.24, 2.45) is 0 Å². The average Bonchev–Trinajstić information content (AvgIpc) is 2.83. The lowest BCUT2D eigenvalue weighted by molar-refractivity contribution is 0.432. The lowest BCUT2D eigenvalue weighted by Gasteiger charge is -2.28. The predicted octanol–water partition coefficient (Wildman–Crippen LogP) is 7.10. The molecule has 0 heterocycles. The van der Waals surface area contributed by atoms with Crippen molar-refractivity contribution >= 4 is 0 Å². The van der Waals surface area contributed by atoms with E-state index >= 15 is 0 Å². The first-order valence-electron chi connectivity index (χ1n) is 11.8. The average molecular weight is 469 g/mol. The van der Waals surface area contributed by atoms with Crippen LogP contribution in [0.1, 0.15) is 62.8 Å². The van der Waals surface area contributed by atoms with E-state index in [1.165, 1.54) is 0 Å². The van der Waals surface area contributed by atoms with E-state index in [-0.39, 0.29) is 23.0 Å². The van der Waals surface area contributed by atoms with Crippen LogP contribution in [0.2, 0.25) is 0 Å². The Hall–Kier alpha value is -3.92. The Kier molecular flexibility index (Phi) is 6.74. The van der Waals surface area contributed by atoms with Crippen LogP contribution in [0.3, 0.4) is 0 Å². The highest BCUT2D eigenvalue weighted by Gasteiger charge is 2.30. The summed E-state index contributed by atoms with van der Waals surface area (Å²) < 4.78 is 0. The minimum Gasteiger partial charge on any atom is -0.507 e. The lowest BCUT2D eigenvalue weighted by Crippen LogP contribution is -2.12. The van der Waals surface area contributed by atoms with Crippen LogP contribution >= 0.6 is 0 Å². The molecule has 0 unspecified atom stereocenters. The highest BCUT2D eigenvalue weighted by atomic mass is 16.3. The second-order valence-electron chi connectivity index (χ2n) is 9.39. The first-order valence-corrected chi connectivity index (χ1v) is 11.8. The molecule has 4 aromatic carbocycles. The van der Waals surface area contributed by atoms with Gasteiger partial charge in [-0.15, -0.1) is 0 Å². The maximum atomic E-state index is 11.1. The van der Waals surface area contributed by atoms with Gasteiger partial charge in [0.25, 0.3) is 0 Å². The Labute approximate surface area is 206 Å². The minimum absolute atomic E-state index is 0.180. The number of aryl methyl sites for hydroxylation is 4. The Morgan fingerprint density at radius 2 is 0.657 bits per heavy atom. The monoisotopic (exact) mass is 468 g/mol. The molecule has 0 aromatic heterocycles. The van der Waals surface area contributed by atoms with Gasteiger partial charge >= 0.3 is 0 Å². The smallest absolute Gasteiger partial charge is 0.122 e. The van der Waals surface area contributed by atoms with E-state index in [2.05, 4.69) is 0 Å². The van der Waals surface area contributed by atoms with Gasteiger partial charge in [0, 0.05) is 34.1 Å². The molecule has 4 rings (SSSR count). The van der Waals surface area contributed by atoms with E-state index in [0.29, 0.717) is 28.7 Å². The van der Waals surface area contributed by atoms with Crippen LogP contribution in [0.15, 0.2) is 72.8 Å². The van der Waals surface area contributed by atoms with Crippen molar-refractivity contribution in [3.8, 4) is 23.0 Å². The van der Waals surface area contributed by atoms with Gasteiger partial charge in [0.15, 0.2) is 0 Å². The maximum absolute atomic E-state index is 11.1. The van der Waals surface area contributed by atoms with Crippen molar-refractivity contribution < 1.29 is 20.4 Å². The van der Waals surface area contributed by atoms with Crippen molar-refractivity contribution in [2.75, 3.05) is 0 Å². The van der Waals surface area contributed by atoms with Crippen molar-refractivity contribution in [1.82, 2.24) is 0 Å². The summed E-state index contributed by atoms with van der Waals surface area (Å²) in [6, 6.07) is 22.5. The van der Waals surface area contributed by atoms with E-state index in [1.807, 2.05) is 100 Å². The summed E-state index contributed by atoms with van der Waals surface area (Å²) in [5.41, 5.74) is 5.73. The molecule has 0 atom stereocenters. The number of hydrogen-bond acceptors (Lipinski definition) is 4. The van der Waals surface area contributed by atoms with Crippen LogP contribution in [0.4, 0.5) is 0 Å². The van der Waals surface area contributed by atoms with E-state index in [4.69, 9.17) is 0 Å². The summed E-state index contributed by atoms with van der Waals surface area (Å²) in [6.45, 7) is 7.40. The predicted molar refractivity (Wildman–Crippen MR) is 140 cm³/mol. The summed E-state index contributed by atoms with van der Waals surface area (Å²) in [4.78, 5) is 0. The second kappa shape index (κ2) is 9.75. The topological polar surface area (TPSA) is 80.9 Å². The fourth-order valence-corrected chi connectivity index (χ4v) is 4.93. The van der Waals surface area contributed by atoms with Crippen LogP contribution in [-0.2, 0) is 0 Å². The quantitative estimate of drug-likeness (QED) is 0.243. The SMILES string of the molecule is Cc1cccc(C(CC(c2cccc(C)c2O)c2cccc(C)c2O)c2cccc(C)c2O)c1O. The third-order valence-corrected chi connectivity index (χ3v) is 7.05. The molecule has 4 nitrogen and oxygen atoms in total. The van der Waals surface area contributed by atoms with E-state index in [9.17, 15) is 20.4 Å². The zero-order chi connectivity index (χ0) is 25.3. The largest absolute Gasteiger partial charge is 0.507 e. The summed E-state index contributed by atoms with van der Waals surface area (Å²) in [5, 5.41) is 44.2. The molecule has 0 aliphatic carbocycles. The molecule has 0 amide bonds. The summed E-state index contributed by atoms with van der Waals surface area (Å²) >= 11 is 0. The summed E-state index contributed by atoms with van der Waals surface area (Å²) in [5.74, 6) is -0.0874. The number of aromatic hydroxyl groups is 4. The third kappa shape index (κ3) is 4.57. The molecular formula is C31H32O4. The van der Waals surface area contributed by atoms with Gasteiger partial charge in [-0.3, -0.25) is 0 Å². The standard InChI is InChI=1S/C31H32O4/c1-18-9-5-13-22(28(18)32)26(23-14-6-10-19(2)29(23)33)17-27(24-15-7-11-20(3)30(24)34)25-16-8-12-21(4)31(25)35/h5-16,26-27,32-35H,17H2,1-4H3. The number of benzene rings is 4. The maximum Gasteiger partial charge on any atom is 0.122 e. The highest BCUT2D eigenvalue weighted by Crippen LogP contribution is 2.48. The molecule has 4 N–H and O–H groups in total. The Morgan fingerprint density at radius 3 is 0.886 bits per heavy atom. The van der Waals surface area contributed by atoms with Gasteiger partial charge in [-0.05, 0) is 56.4 Å². The molecule has 0 saturated heterocycles. The molecule has 4 aromatic rings. The first-order chi connectivity index (χ1) is 16.7. The summed E-state index contributed by atoms with van der Waals surface area (Å²) in [7, 11) is 0. The van der Waals surface area contributed by atoms with Crippen molar-refractivity contribution in [3.05, 3.63) is 117 Å². The highest BCUT2D eigenvalue weighted by molar-refractivity contribution is 5.55. The lowest BCUT2D eigenvalue weighted by atomic mass is 9.76. The van der Waals surface area contributed by atoms with Crippen LogP contribution in [0.25, 0.3) is 0 Å². The fourth-order valence-electron chi connectivity index (χ4n) is 4.93. The van der Waals surface area contributed by atoms with Gasteiger partial charge in [0.2, 0.25) is 0 Å². The molecule has 0 bridgehead atoms. The second-order valence-corrected chi connectivity index (χ2v) is 9.39. The van der Waals surface area contributed by atoms with Gasteiger partial charge in [0.1, 0.15) is 23.0 Å². The van der Waals surface area contributed by atoms with Gasteiger partial charge in [-0.2, -0.15) is 0 Å². The molecule has 4 heteroatoms. The van der Waals surface area contributed by atoms with Crippen molar-refractivity contribution in [1.29, 1.82) is 0 Å². The molecule has 0 fully saturated rings. The molecule has 0 saturated carbocycles. The van der Waals surface area contributed by atoms with Crippen LogP contribution < -0.4 is 0 Å². The number of phenols is 4. The Balaban J connectivity index is 1.97. The zero-order valence-electron chi connectivity index (χ0n) is 20.6. The molecule has 0 aliphatic heterocycles. The molecular weight excluding hydrogens is 436 g/mol. The normalized spacial score (nSPS) is 11.4. The molecule has 0 spiro atoms. The van der Waals surface area contributed by atoms with Gasteiger partial charge in [0.05, 0.1) is 0 Å². The number of rotatable bonds is 6. The van der Waals surface area contributed by atoms with Crippen molar-refractivity contribution in [3.63, 3.8) is 0 Å². The Bertz CT molecular complexity index is 1160. The fraction of sp³-hybridized carbons (Fsp3) is 0.226. The number of hydrogen-bond donors (Lipinski definition) is 4. The minimum atomic E-state index is -0.403. The molecule has 0 aliphatic rings. The molecule has 35 heavy (non-hydrogen) atoms. The van der Waals surface area contributed by atoms with Crippen LogP contribution in [0, 0.1) is 27.7 Å². The van der Waals surface area contributed by atoms with E-state index < -0.39 is 11.8 Å². The van der Waals surface area contributed by atoms with Crippen LogP contribution in [-0.4, -0.2) is 20.4 Å². The Morgan fingerprint density at radius 1 is 0.429 bits per heavy atom. The van der Waals surface area contributed by atoms with Gasteiger partial charge < -0.3 is 20.4 Å². The van der Waals surface area contributed by atoms with Crippen LogP contribution in [0.5, 0.6) is 23.0 Å². The number of phenolic OH excluding ortho intramolecular Hbond substituents is 4. The first kappa shape index (κ1) is 24.2. The number of para-hydroxylation sites is 4. The van der Waals surface area contributed by atoms with E-state index in [0.717, 1.165) is 22.3 Å². The van der Waals surface area contributed by atoms with Crippen molar-refractivity contribution in [2.45, 2.75) is 46.0 Å².